The minimum atomic E-state index is -0.0913. The topological polar surface area (TPSA) is 91.4 Å². The Morgan fingerprint density at radius 1 is 1.03 bits per heavy atom. The molecule has 4 rings (SSSR count). The number of amides is 1. The zero-order valence-electron chi connectivity index (χ0n) is 18.2. The fraction of sp³-hybridized carbons (Fsp3) is 0.292. The van der Waals surface area contributed by atoms with Crippen LogP contribution in [0.1, 0.15) is 15.9 Å². The maximum Gasteiger partial charge on any atom is 0.251 e. The van der Waals surface area contributed by atoms with Crippen LogP contribution in [0.15, 0.2) is 60.8 Å². The van der Waals surface area contributed by atoms with Crippen molar-refractivity contribution in [2.45, 2.75) is 6.92 Å². The lowest BCUT2D eigenvalue weighted by Gasteiger charge is -2.26. The van der Waals surface area contributed by atoms with Crippen molar-refractivity contribution in [3.8, 4) is 0 Å². The highest BCUT2D eigenvalue weighted by Crippen LogP contribution is 2.19. The highest BCUT2D eigenvalue weighted by atomic mass is 16.5. The van der Waals surface area contributed by atoms with Gasteiger partial charge in [0.2, 0.25) is 5.95 Å². The van der Waals surface area contributed by atoms with Gasteiger partial charge in [-0.1, -0.05) is 18.2 Å². The highest BCUT2D eigenvalue weighted by molar-refractivity contribution is 5.95. The number of benzene rings is 2. The molecule has 8 heteroatoms. The number of hydrogen-bond acceptors (Lipinski definition) is 7. The maximum atomic E-state index is 12.6. The summed E-state index contributed by atoms with van der Waals surface area (Å²) in [4.78, 5) is 23.7. The molecule has 8 nitrogen and oxygen atoms in total. The smallest absolute Gasteiger partial charge is 0.251 e. The Balaban J connectivity index is 1.34. The minimum Gasteiger partial charge on any atom is -0.379 e. The Bertz CT molecular complexity index is 1050. The van der Waals surface area contributed by atoms with E-state index < -0.39 is 0 Å². The summed E-state index contributed by atoms with van der Waals surface area (Å²) >= 11 is 0. The van der Waals surface area contributed by atoms with Crippen LogP contribution < -0.4 is 16.0 Å². The molecule has 1 aromatic heterocycles. The molecule has 1 aliphatic rings. The van der Waals surface area contributed by atoms with E-state index in [4.69, 9.17) is 4.74 Å². The summed E-state index contributed by atoms with van der Waals surface area (Å²) < 4.78 is 5.35. The number of rotatable bonds is 8. The predicted molar refractivity (Wildman–Crippen MR) is 126 cm³/mol. The third kappa shape index (κ3) is 6.26. The molecule has 166 valence electrons. The van der Waals surface area contributed by atoms with Crippen molar-refractivity contribution in [3.05, 3.63) is 71.9 Å². The Morgan fingerprint density at radius 3 is 2.62 bits per heavy atom. The van der Waals surface area contributed by atoms with E-state index in [2.05, 4.69) is 30.8 Å². The van der Waals surface area contributed by atoms with Crippen LogP contribution in [-0.4, -0.2) is 60.2 Å². The van der Waals surface area contributed by atoms with E-state index in [-0.39, 0.29) is 5.91 Å². The van der Waals surface area contributed by atoms with Crippen molar-refractivity contribution in [1.29, 1.82) is 0 Å². The third-order valence-corrected chi connectivity index (χ3v) is 5.14. The first-order chi connectivity index (χ1) is 15.7. The number of hydrogen-bond donors (Lipinski definition) is 3. The van der Waals surface area contributed by atoms with Gasteiger partial charge in [-0.15, -0.1) is 0 Å². The number of anilines is 4. The van der Waals surface area contributed by atoms with Crippen molar-refractivity contribution in [2.24, 2.45) is 0 Å². The van der Waals surface area contributed by atoms with Crippen LogP contribution in [0.3, 0.4) is 0 Å². The molecule has 1 fully saturated rings. The second-order valence-corrected chi connectivity index (χ2v) is 7.68. The summed E-state index contributed by atoms with van der Waals surface area (Å²) in [5.74, 6) is 1.05. The van der Waals surface area contributed by atoms with Crippen LogP contribution in [0.4, 0.5) is 23.1 Å². The molecule has 3 N–H and O–H groups in total. The Hall–Kier alpha value is -3.49. The van der Waals surface area contributed by atoms with Gasteiger partial charge in [-0.25, -0.2) is 4.98 Å². The van der Waals surface area contributed by atoms with Gasteiger partial charge in [0, 0.05) is 49.3 Å². The predicted octanol–water partition coefficient (Wildman–Crippen LogP) is 3.33. The summed E-state index contributed by atoms with van der Waals surface area (Å²) in [7, 11) is 0. The van der Waals surface area contributed by atoms with E-state index in [1.807, 2.05) is 49.4 Å². The number of carbonyl (C=O) groups is 1. The molecule has 2 aromatic carbocycles. The van der Waals surface area contributed by atoms with E-state index in [1.165, 1.54) is 0 Å². The fourth-order valence-electron chi connectivity index (χ4n) is 3.48. The molecule has 1 amide bonds. The van der Waals surface area contributed by atoms with E-state index in [1.54, 1.807) is 18.3 Å². The highest BCUT2D eigenvalue weighted by Gasteiger charge is 2.11. The van der Waals surface area contributed by atoms with Gasteiger partial charge in [0.05, 0.1) is 13.2 Å². The maximum absolute atomic E-state index is 12.6. The first-order valence-corrected chi connectivity index (χ1v) is 10.8. The van der Waals surface area contributed by atoms with Crippen molar-refractivity contribution >= 4 is 29.0 Å². The van der Waals surface area contributed by atoms with Gasteiger partial charge in [0.15, 0.2) is 0 Å². The van der Waals surface area contributed by atoms with Gasteiger partial charge in [-0.3, -0.25) is 9.69 Å². The Kier molecular flexibility index (Phi) is 7.27. The first-order valence-electron chi connectivity index (χ1n) is 10.8. The van der Waals surface area contributed by atoms with Gasteiger partial charge in [-0.2, -0.15) is 4.98 Å². The average Bonchev–Trinajstić information content (AvgIpc) is 2.80. The van der Waals surface area contributed by atoms with Gasteiger partial charge >= 0.3 is 0 Å². The van der Waals surface area contributed by atoms with E-state index in [0.29, 0.717) is 23.9 Å². The van der Waals surface area contributed by atoms with Gasteiger partial charge in [-0.05, 0) is 48.9 Å². The van der Waals surface area contributed by atoms with E-state index in [0.717, 1.165) is 49.8 Å². The van der Waals surface area contributed by atoms with Crippen LogP contribution >= 0.6 is 0 Å². The van der Waals surface area contributed by atoms with Crippen molar-refractivity contribution in [2.75, 3.05) is 50.0 Å². The number of morpholine rings is 1. The van der Waals surface area contributed by atoms with E-state index >= 15 is 0 Å². The molecule has 32 heavy (non-hydrogen) atoms. The summed E-state index contributed by atoms with van der Waals surface area (Å²) in [5.41, 5.74) is 3.47. The third-order valence-electron chi connectivity index (χ3n) is 5.14. The molecule has 1 saturated heterocycles. The van der Waals surface area contributed by atoms with E-state index in [9.17, 15) is 4.79 Å². The van der Waals surface area contributed by atoms with Crippen LogP contribution in [-0.2, 0) is 4.74 Å². The second-order valence-electron chi connectivity index (χ2n) is 7.68. The number of carbonyl (C=O) groups excluding carboxylic acids is 1. The van der Waals surface area contributed by atoms with Crippen LogP contribution in [0, 0.1) is 6.92 Å². The standard InChI is InChI=1S/C24H28N6O2/c1-18-4-2-6-20(16-18)28-24-26-9-8-22(29-24)27-21-7-3-5-19(17-21)23(31)25-10-11-30-12-14-32-15-13-30/h2-9,16-17H,10-15H2,1H3,(H,25,31)(H2,26,27,28,29). The Labute approximate surface area is 188 Å². The van der Waals surface area contributed by atoms with Gasteiger partial charge in [0.1, 0.15) is 5.82 Å². The number of ether oxygens (including phenoxy) is 1. The van der Waals surface area contributed by atoms with Crippen molar-refractivity contribution < 1.29 is 9.53 Å². The largest absolute Gasteiger partial charge is 0.379 e. The summed E-state index contributed by atoms with van der Waals surface area (Å²) in [5, 5.41) is 9.46. The van der Waals surface area contributed by atoms with Gasteiger partial charge < -0.3 is 20.7 Å². The summed E-state index contributed by atoms with van der Waals surface area (Å²) in [6.45, 7) is 6.81. The zero-order valence-corrected chi connectivity index (χ0v) is 18.2. The quantitative estimate of drug-likeness (QED) is 0.503. The lowest BCUT2D eigenvalue weighted by molar-refractivity contribution is 0.0383. The normalized spacial score (nSPS) is 14.0. The molecule has 0 bridgehead atoms. The Morgan fingerprint density at radius 2 is 1.81 bits per heavy atom. The molecular formula is C24H28N6O2. The summed E-state index contributed by atoms with van der Waals surface area (Å²) in [6, 6.07) is 17.2. The number of aromatic nitrogens is 2. The second kappa shape index (κ2) is 10.7. The first kappa shape index (κ1) is 21.7. The van der Waals surface area contributed by atoms with Crippen LogP contribution in [0.25, 0.3) is 0 Å². The zero-order chi connectivity index (χ0) is 22.2. The number of nitrogens with zero attached hydrogens (tertiary/aromatic N) is 3. The fourth-order valence-corrected chi connectivity index (χ4v) is 3.48. The van der Waals surface area contributed by atoms with Gasteiger partial charge in [0.25, 0.3) is 5.91 Å². The summed E-state index contributed by atoms with van der Waals surface area (Å²) in [6.07, 6.45) is 1.69. The molecule has 2 heterocycles. The molecule has 3 aromatic rings. The SMILES string of the molecule is Cc1cccc(Nc2nccc(Nc3cccc(C(=O)NCCN4CCOCC4)c3)n2)c1. The van der Waals surface area contributed by atoms with Crippen LogP contribution in [0.2, 0.25) is 0 Å². The molecule has 0 spiro atoms. The molecule has 1 aliphatic heterocycles. The number of aryl methyl sites for hydroxylation is 1. The number of nitrogens with one attached hydrogen (secondary N) is 3. The lowest BCUT2D eigenvalue weighted by atomic mass is 10.2. The monoisotopic (exact) mass is 432 g/mol. The van der Waals surface area contributed by atoms with Crippen molar-refractivity contribution in [3.63, 3.8) is 0 Å². The minimum absolute atomic E-state index is 0.0913. The molecule has 0 aliphatic carbocycles. The molecular weight excluding hydrogens is 404 g/mol. The van der Waals surface area contributed by atoms with Crippen LogP contribution in [0.5, 0.6) is 0 Å². The average molecular weight is 433 g/mol. The molecule has 0 unspecified atom stereocenters. The lowest BCUT2D eigenvalue weighted by Crippen LogP contribution is -2.41. The molecule has 0 atom stereocenters. The molecule has 0 radical (unpaired) electrons. The molecule has 0 saturated carbocycles. The van der Waals surface area contributed by atoms with Crippen molar-refractivity contribution in [1.82, 2.24) is 20.2 Å².